The highest BCUT2D eigenvalue weighted by Gasteiger charge is 2.36. The lowest BCUT2D eigenvalue weighted by Gasteiger charge is -2.40. The molecule has 0 aromatic carbocycles. The lowest BCUT2D eigenvalue weighted by atomic mass is 9.71. The SMILES string of the molecule is Cc1[nH]cnc1CNCC1(O)CCC(C)(C)CC1. The van der Waals surface area contributed by atoms with Crippen LogP contribution in [-0.2, 0) is 6.54 Å². The van der Waals surface area contributed by atoms with Gasteiger partial charge in [0.25, 0.3) is 0 Å². The molecule has 0 bridgehead atoms. The Labute approximate surface area is 109 Å². The lowest BCUT2D eigenvalue weighted by Crippen LogP contribution is -2.44. The fourth-order valence-electron chi connectivity index (χ4n) is 2.55. The van der Waals surface area contributed by atoms with E-state index in [1.54, 1.807) is 6.33 Å². The van der Waals surface area contributed by atoms with Gasteiger partial charge in [-0.05, 0) is 38.0 Å². The third-order valence-corrected chi connectivity index (χ3v) is 4.22. The molecule has 0 atom stereocenters. The van der Waals surface area contributed by atoms with Gasteiger partial charge in [-0.3, -0.25) is 0 Å². The number of aliphatic hydroxyl groups is 1. The van der Waals surface area contributed by atoms with Crippen molar-refractivity contribution in [2.24, 2.45) is 5.41 Å². The maximum absolute atomic E-state index is 10.5. The second-order valence-electron chi connectivity index (χ2n) is 6.47. The Morgan fingerprint density at radius 1 is 1.33 bits per heavy atom. The number of hydrogen-bond donors (Lipinski definition) is 3. The van der Waals surface area contributed by atoms with Crippen molar-refractivity contribution in [2.45, 2.75) is 58.6 Å². The normalized spacial score (nSPS) is 22.0. The van der Waals surface area contributed by atoms with Gasteiger partial charge in [0.2, 0.25) is 0 Å². The van der Waals surface area contributed by atoms with Crippen LogP contribution in [0.5, 0.6) is 0 Å². The molecule has 1 heterocycles. The van der Waals surface area contributed by atoms with Crippen molar-refractivity contribution in [1.29, 1.82) is 0 Å². The van der Waals surface area contributed by atoms with Gasteiger partial charge in [0.1, 0.15) is 0 Å². The van der Waals surface area contributed by atoms with Crippen molar-refractivity contribution in [3.05, 3.63) is 17.7 Å². The van der Waals surface area contributed by atoms with E-state index in [0.717, 1.165) is 43.6 Å². The molecule has 1 aliphatic rings. The first-order valence-corrected chi connectivity index (χ1v) is 6.82. The summed E-state index contributed by atoms with van der Waals surface area (Å²) >= 11 is 0. The molecule has 0 amide bonds. The van der Waals surface area contributed by atoms with Crippen molar-refractivity contribution >= 4 is 0 Å². The van der Waals surface area contributed by atoms with Crippen molar-refractivity contribution in [3.8, 4) is 0 Å². The first kappa shape index (κ1) is 13.6. The summed E-state index contributed by atoms with van der Waals surface area (Å²) in [4.78, 5) is 7.31. The molecule has 102 valence electrons. The highest BCUT2D eigenvalue weighted by atomic mass is 16.3. The second-order valence-corrected chi connectivity index (χ2v) is 6.47. The predicted octanol–water partition coefficient (Wildman–Crippen LogP) is 2.14. The largest absolute Gasteiger partial charge is 0.389 e. The third kappa shape index (κ3) is 3.33. The van der Waals surface area contributed by atoms with Gasteiger partial charge < -0.3 is 15.4 Å². The van der Waals surface area contributed by atoms with Crippen LogP contribution in [0.25, 0.3) is 0 Å². The molecule has 1 aliphatic carbocycles. The number of rotatable bonds is 4. The minimum Gasteiger partial charge on any atom is -0.389 e. The number of aryl methyl sites for hydroxylation is 1. The van der Waals surface area contributed by atoms with E-state index in [2.05, 4.69) is 29.1 Å². The van der Waals surface area contributed by atoms with E-state index in [-0.39, 0.29) is 0 Å². The Hall–Kier alpha value is -0.870. The third-order valence-electron chi connectivity index (χ3n) is 4.22. The van der Waals surface area contributed by atoms with Crippen LogP contribution in [0.15, 0.2) is 6.33 Å². The smallest absolute Gasteiger partial charge is 0.0925 e. The fourth-order valence-corrected chi connectivity index (χ4v) is 2.55. The minimum atomic E-state index is -0.528. The molecule has 1 aromatic heterocycles. The number of imidazole rings is 1. The predicted molar refractivity (Wildman–Crippen MR) is 72.2 cm³/mol. The summed E-state index contributed by atoms with van der Waals surface area (Å²) in [7, 11) is 0. The zero-order valence-corrected chi connectivity index (χ0v) is 11.7. The summed E-state index contributed by atoms with van der Waals surface area (Å²) < 4.78 is 0. The standard InChI is InChI=1S/C14H25N3O/c1-11-12(17-10-16-11)8-15-9-14(18)6-4-13(2,3)5-7-14/h10,15,18H,4-9H2,1-3H3,(H,16,17). The Balaban J connectivity index is 1.78. The number of nitrogens with zero attached hydrogens (tertiary/aromatic N) is 1. The average Bonchev–Trinajstić information content (AvgIpc) is 2.70. The van der Waals surface area contributed by atoms with Crippen LogP contribution in [0.3, 0.4) is 0 Å². The van der Waals surface area contributed by atoms with Crippen LogP contribution in [-0.4, -0.2) is 27.2 Å². The van der Waals surface area contributed by atoms with Crippen molar-refractivity contribution in [2.75, 3.05) is 6.54 Å². The van der Waals surface area contributed by atoms with Crippen LogP contribution < -0.4 is 5.32 Å². The number of aromatic amines is 1. The molecule has 0 saturated heterocycles. The molecule has 1 aromatic rings. The Morgan fingerprint density at radius 2 is 2.00 bits per heavy atom. The summed E-state index contributed by atoms with van der Waals surface area (Å²) in [5.74, 6) is 0. The Kier molecular flexibility index (Phi) is 3.78. The molecule has 4 heteroatoms. The first-order chi connectivity index (χ1) is 8.40. The number of H-pyrrole nitrogens is 1. The van der Waals surface area contributed by atoms with Crippen LogP contribution in [0, 0.1) is 12.3 Å². The highest BCUT2D eigenvalue weighted by Crippen LogP contribution is 2.39. The first-order valence-electron chi connectivity index (χ1n) is 6.82. The Bertz CT molecular complexity index is 387. The van der Waals surface area contributed by atoms with Crippen LogP contribution in [0.4, 0.5) is 0 Å². The zero-order chi connectivity index (χ0) is 13.2. The van der Waals surface area contributed by atoms with E-state index in [0.29, 0.717) is 12.0 Å². The molecule has 4 nitrogen and oxygen atoms in total. The highest BCUT2D eigenvalue weighted by molar-refractivity contribution is 5.08. The molecular weight excluding hydrogens is 226 g/mol. The summed E-state index contributed by atoms with van der Waals surface area (Å²) in [6.07, 6.45) is 5.71. The van der Waals surface area contributed by atoms with E-state index < -0.39 is 5.60 Å². The summed E-state index contributed by atoms with van der Waals surface area (Å²) in [5.41, 5.74) is 2.00. The molecule has 1 fully saturated rings. The van der Waals surface area contributed by atoms with Gasteiger partial charge in [0.05, 0.1) is 17.6 Å². The average molecular weight is 251 g/mol. The molecular formula is C14H25N3O. The number of aromatic nitrogens is 2. The summed E-state index contributed by atoms with van der Waals surface area (Å²) in [5, 5.41) is 13.8. The van der Waals surface area contributed by atoms with Gasteiger partial charge in [-0.15, -0.1) is 0 Å². The van der Waals surface area contributed by atoms with E-state index in [1.807, 2.05) is 6.92 Å². The monoisotopic (exact) mass is 251 g/mol. The molecule has 3 N–H and O–H groups in total. The summed E-state index contributed by atoms with van der Waals surface area (Å²) in [6, 6.07) is 0. The molecule has 18 heavy (non-hydrogen) atoms. The number of hydrogen-bond acceptors (Lipinski definition) is 3. The minimum absolute atomic E-state index is 0.394. The second kappa shape index (κ2) is 5.02. The van der Waals surface area contributed by atoms with Crippen molar-refractivity contribution in [1.82, 2.24) is 15.3 Å². The van der Waals surface area contributed by atoms with Gasteiger partial charge in [0, 0.05) is 18.8 Å². The van der Waals surface area contributed by atoms with Gasteiger partial charge in [-0.1, -0.05) is 13.8 Å². The van der Waals surface area contributed by atoms with Crippen LogP contribution in [0.1, 0.15) is 50.9 Å². The number of nitrogens with one attached hydrogen (secondary N) is 2. The van der Waals surface area contributed by atoms with E-state index in [1.165, 1.54) is 0 Å². The lowest BCUT2D eigenvalue weighted by molar-refractivity contribution is -0.0245. The van der Waals surface area contributed by atoms with Crippen molar-refractivity contribution in [3.63, 3.8) is 0 Å². The van der Waals surface area contributed by atoms with Crippen molar-refractivity contribution < 1.29 is 5.11 Å². The maximum atomic E-state index is 10.5. The fraction of sp³-hybridized carbons (Fsp3) is 0.786. The topological polar surface area (TPSA) is 60.9 Å². The van der Waals surface area contributed by atoms with Gasteiger partial charge in [-0.2, -0.15) is 0 Å². The van der Waals surface area contributed by atoms with E-state index >= 15 is 0 Å². The van der Waals surface area contributed by atoms with Gasteiger partial charge in [0.15, 0.2) is 0 Å². The molecule has 0 spiro atoms. The maximum Gasteiger partial charge on any atom is 0.0925 e. The molecule has 1 saturated carbocycles. The zero-order valence-electron chi connectivity index (χ0n) is 11.7. The van der Waals surface area contributed by atoms with Crippen LogP contribution in [0.2, 0.25) is 0 Å². The van der Waals surface area contributed by atoms with E-state index in [4.69, 9.17) is 0 Å². The molecule has 0 aliphatic heterocycles. The molecule has 0 radical (unpaired) electrons. The molecule has 0 unspecified atom stereocenters. The van der Waals surface area contributed by atoms with E-state index in [9.17, 15) is 5.11 Å². The summed E-state index contributed by atoms with van der Waals surface area (Å²) in [6.45, 7) is 7.97. The van der Waals surface area contributed by atoms with Gasteiger partial charge in [-0.25, -0.2) is 4.98 Å². The van der Waals surface area contributed by atoms with Crippen LogP contribution >= 0.6 is 0 Å². The quantitative estimate of drug-likeness (QED) is 0.768. The molecule has 2 rings (SSSR count). The van der Waals surface area contributed by atoms with Gasteiger partial charge >= 0.3 is 0 Å². The Morgan fingerprint density at radius 3 is 2.56 bits per heavy atom.